The molecular weight excluding hydrogens is 480 g/mol. The van der Waals surface area contributed by atoms with Crippen molar-refractivity contribution in [1.82, 2.24) is 15.1 Å². The van der Waals surface area contributed by atoms with E-state index in [0.29, 0.717) is 25.9 Å². The zero-order valence-corrected chi connectivity index (χ0v) is 23.9. The molecule has 0 saturated heterocycles. The number of nitrogens with one attached hydrogen (secondary N) is 1. The molecule has 0 unspecified atom stereocenters. The van der Waals surface area contributed by atoms with Gasteiger partial charge in [0.25, 0.3) is 0 Å². The van der Waals surface area contributed by atoms with E-state index in [2.05, 4.69) is 5.32 Å². The molecule has 0 saturated carbocycles. The topological polar surface area (TPSA) is 105 Å². The molecule has 0 spiro atoms. The maximum absolute atomic E-state index is 12.3. The van der Waals surface area contributed by atoms with E-state index in [0.717, 1.165) is 82.9 Å². The highest BCUT2D eigenvalue weighted by Crippen LogP contribution is 2.09. The van der Waals surface area contributed by atoms with Crippen LogP contribution in [0.1, 0.15) is 95.5 Å². The van der Waals surface area contributed by atoms with E-state index in [1.165, 1.54) is 12.8 Å². The van der Waals surface area contributed by atoms with Gasteiger partial charge in [-0.05, 0) is 50.6 Å². The highest BCUT2D eigenvalue weighted by atomic mass is 16.5. The number of carbonyl (C=O) groups is 3. The molecule has 0 bridgehead atoms. The van der Waals surface area contributed by atoms with E-state index in [1.807, 2.05) is 54.2 Å². The summed E-state index contributed by atoms with van der Waals surface area (Å²) in [6.45, 7) is 3.16. The minimum atomic E-state index is -0.406. The van der Waals surface area contributed by atoms with Crippen molar-refractivity contribution in [3.63, 3.8) is 0 Å². The predicted molar refractivity (Wildman–Crippen MR) is 154 cm³/mol. The fourth-order valence-corrected chi connectivity index (χ4v) is 4.18. The Morgan fingerprint density at radius 1 is 0.711 bits per heavy atom. The Balaban J connectivity index is 1.92. The Labute approximate surface area is 230 Å². The number of nitrogens with two attached hydrogens (primary N) is 1. The summed E-state index contributed by atoms with van der Waals surface area (Å²) in [6, 6.07) is 9.59. The number of nitrogens with zero attached hydrogens (tertiary/aromatic N) is 2. The van der Waals surface area contributed by atoms with Gasteiger partial charge in [-0.15, -0.1) is 0 Å². The number of benzene rings is 1. The largest absolute Gasteiger partial charge is 0.445 e. The van der Waals surface area contributed by atoms with Crippen molar-refractivity contribution in [2.75, 3.05) is 40.3 Å². The second-order valence-corrected chi connectivity index (χ2v) is 10.2. The van der Waals surface area contributed by atoms with Crippen molar-refractivity contribution in [1.29, 1.82) is 0 Å². The lowest BCUT2D eigenvalue weighted by atomic mass is 10.1. The lowest BCUT2D eigenvalue weighted by Crippen LogP contribution is -2.27. The van der Waals surface area contributed by atoms with Crippen LogP contribution < -0.4 is 11.1 Å². The third kappa shape index (κ3) is 17.8. The molecule has 38 heavy (non-hydrogen) atoms. The predicted octanol–water partition coefficient (Wildman–Crippen LogP) is 5.25. The maximum Gasteiger partial charge on any atom is 0.407 e. The van der Waals surface area contributed by atoms with Gasteiger partial charge in [0.15, 0.2) is 0 Å². The van der Waals surface area contributed by atoms with E-state index in [-0.39, 0.29) is 18.4 Å². The van der Waals surface area contributed by atoms with Crippen molar-refractivity contribution in [2.45, 2.75) is 96.5 Å². The molecule has 3 amide bonds. The van der Waals surface area contributed by atoms with Crippen LogP contribution >= 0.6 is 0 Å². The summed E-state index contributed by atoms with van der Waals surface area (Å²) in [4.78, 5) is 39.8. The Morgan fingerprint density at radius 3 is 1.76 bits per heavy atom. The van der Waals surface area contributed by atoms with E-state index in [1.54, 1.807) is 0 Å². The maximum atomic E-state index is 12.3. The molecule has 1 rings (SSSR count). The summed E-state index contributed by atoms with van der Waals surface area (Å²) in [5.41, 5.74) is 6.45. The standard InChI is InChI=1S/C30H52N4O4/c1-33(28(35)20-12-8-14-22-31)24-16-5-3-4-6-17-25-34(2)29(36)21-13-9-15-23-32-30(37)38-26-27-18-10-7-11-19-27/h7,10-11,18-19H,3-6,8-9,12-17,20-26,31H2,1-2H3,(H,32,37). The molecular formula is C30H52N4O4. The summed E-state index contributed by atoms with van der Waals surface area (Å²) < 4.78 is 5.19. The second-order valence-electron chi connectivity index (χ2n) is 10.2. The van der Waals surface area contributed by atoms with Crippen LogP contribution in [0.25, 0.3) is 0 Å². The van der Waals surface area contributed by atoms with Gasteiger partial charge in [0.05, 0.1) is 0 Å². The number of hydrogen-bond donors (Lipinski definition) is 2. The fraction of sp³-hybridized carbons (Fsp3) is 0.700. The Hall–Kier alpha value is -2.61. The molecule has 0 aliphatic heterocycles. The van der Waals surface area contributed by atoms with Crippen molar-refractivity contribution < 1.29 is 19.1 Å². The summed E-state index contributed by atoms with van der Waals surface area (Å²) in [7, 11) is 3.79. The number of ether oxygens (including phenoxy) is 1. The lowest BCUT2D eigenvalue weighted by molar-refractivity contribution is -0.130. The molecule has 1 aromatic carbocycles. The first kappa shape index (κ1) is 33.4. The Morgan fingerprint density at radius 2 is 1.21 bits per heavy atom. The molecule has 3 N–H and O–H groups in total. The van der Waals surface area contributed by atoms with Crippen LogP contribution in [0.4, 0.5) is 4.79 Å². The molecule has 216 valence electrons. The third-order valence-corrected chi connectivity index (χ3v) is 6.73. The minimum Gasteiger partial charge on any atom is -0.445 e. The number of carbonyl (C=O) groups excluding carboxylic acids is 3. The van der Waals surface area contributed by atoms with Crippen LogP contribution in [0.3, 0.4) is 0 Å². The van der Waals surface area contributed by atoms with Gasteiger partial charge in [-0.3, -0.25) is 9.59 Å². The number of hydrogen-bond acceptors (Lipinski definition) is 5. The van der Waals surface area contributed by atoms with Gasteiger partial charge in [-0.2, -0.15) is 0 Å². The van der Waals surface area contributed by atoms with Crippen molar-refractivity contribution in [3.8, 4) is 0 Å². The zero-order valence-electron chi connectivity index (χ0n) is 23.9. The molecule has 0 fully saturated rings. The summed E-state index contributed by atoms with van der Waals surface area (Å²) in [5.74, 6) is 0.432. The molecule has 0 aliphatic carbocycles. The first-order valence-electron chi connectivity index (χ1n) is 14.6. The summed E-state index contributed by atoms with van der Waals surface area (Å²) in [5, 5.41) is 2.76. The van der Waals surface area contributed by atoms with E-state index >= 15 is 0 Å². The van der Waals surface area contributed by atoms with Crippen LogP contribution in [0.5, 0.6) is 0 Å². The molecule has 0 heterocycles. The van der Waals surface area contributed by atoms with Crippen LogP contribution in [0, 0.1) is 0 Å². The molecule has 8 nitrogen and oxygen atoms in total. The van der Waals surface area contributed by atoms with Crippen LogP contribution in [-0.4, -0.2) is 68.0 Å². The molecule has 0 aromatic heterocycles. The number of rotatable bonds is 22. The molecule has 8 heteroatoms. The minimum absolute atomic E-state index is 0.191. The summed E-state index contributed by atoms with van der Waals surface area (Å²) >= 11 is 0. The van der Waals surface area contributed by atoms with E-state index < -0.39 is 6.09 Å². The highest BCUT2D eigenvalue weighted by molar-refractivity contribution is 5.76. The van der Waals surface area contributed by atoms with Crippen molar-refractivity contribution in [2.24, 2.45) is 5.73 Å². The quantitative estimate of drug-likeness (QED) is 0.199. The monoisotopic (exact) mass is 532 g/mol. The molecule has 0 aliphatic rings. The van der Waals surface area contributed by atoms with Gasteiger partial charge in [-0.1, -0.05) is 68.9 Å². The second kappa shape index (κ2) is 22.4. The van der Waals surface area contributed by atoms with E-state index in [4.69, 9.17) is 10.5 Å². The third-order valence-electron chi connectivity index (χ3n) is 6.73. The van der Waals surface area contributed by atoms with Gasteiger partial charge in [0, 0.05) is 46.6 Å². The number of alkyl carbamates (subject to hydrolysis) is 1. The summed E-state index contributed by atoms with van der Waals surface area (Å²) in [6.07, 6.45) is 13.0. The van der Waals surface area contributed by atoms with Gasteiger partial charge < -0.3 is 25.6 Å². The Bertz CT molecular complexity index is 760. The van der Waals surface area contributed by atoms with Crippen LogP contribution in [0.15, 0.2) is 30.3 Å². The zero-order chi connectivity index (χ0) is 27.8. The van der Waals surface area contributed by atoms with Crippen LogP contribution in [0.2, 0.25) is 0 Å². The first-order chi connectivity index (χ1) is 18.4. The Kier molecular flexibility index (Phi) is 19.7. The van der Waals surface area contributed by atoms with Gasteiger partial charge in [0.1, 0.15) is 6.61 Å². The SMILES string of the molecule is CN(CCCCCCCCN(C)C(=O)CCCCCNC(=O)OCc1ccccc1)C(=O)CCCCCN. The van der Waals surface area contributed by atoms with Crippen molar-refractivity contribution >= 4 is 17.9 Å². The smallest absolute Gasteiger partial charge is 0.407 e. The number of amides is 3. The van der Waals surface area contributed by atoms with Gasteiger partial charge in [0.2, 0.25) is 11.8 Å². The number of unbranched alkanes of at least 4 members (excludes halogenated alkanes) is 9. The van der Waals surface area contributed by atoms with Crippen LogP contribution in [-0.2, 0) is 20.9 Å². The van der Waals surface area contributed by atoms with E-state index in [9.17, 15) is 14.4 Å². The molecule has 1 aromatic rings. The molecule has 0 radical (unpaired) electrons. The highest BCUT2D eigenvalue weighted by Gasteiger charge is 2.09. The van der Waals surface area contributed by atoms with Gasteiger partial charge >= 0.3 is 6.09 Å². The van der Waals surface area contributed by atoms with Crippen molar-refractivity contribution in [3.05, 3.63) is 35.9 Å². The average Bonchev–Trinajstić information content (AvgIpc) is 2.93. The normalized spacial score (nSPS) is 10.7. The first-order valence-corrected chi connectivity index (χ1v) is 14.6. The molecule has 0 atom stereocenters. The van der Waals surface area contributed by atoms with Gasteiger partial charge in [-0.25, -0.2) is 4.79 Å². The lowest BCUT2D eigenvalue weighted by Gasteiger charge is -2.17. The fourth-order valence-electron chi connectivity index (χ4n) is 4.18. The average molecular weight is 533 g/mol.